The van der Waals surface area contributed by atoms with Crippen LogP contribution in [0.1, 0.15) is 38.2 Å². The first-order valence-electron chi connectivity index (χ1n) is 11.8. The van der Waals surface area contributed by atoms with E-state index in [-0.39, 0.29) is 32.4 Å². The van der Waals surface area contributed by atoms with Gasteiger partial charge in [0, 0.05) is 0 Å². The molecule has 0 spiro atoms. The SMILES string of the molecule is Cc1cc(C)c(S(=O)(=O)[O-])c(C)c1.Cc1cc(C)cc(C(=O)[O-])c1.Nc1c(Cl)ncc[n+]1N.Nc1c(Cl)ncc[n+]1N. The van der Waals surface area contributed by atoms with Crippen LogP contribution in [0.4, 0.5) is 11.6 Å². The number of hydrogen-bond acceptors (Lipinski definition) is 11. The molecule has 0 saturated heterocycles. The third-order valence-electron chi connectivity index (χ3n) is 5.12. The van der Waals surface area contributed by atoms with Crippen LogP contribution in [0.2, 0.25) is 10.3 Å². The Bertz CT molecular complexity index is 1540. The van der Waals surface area contributed by atoms with E-state index in [0.29, 0.717) is 11.1 Å². The van der Waals surface area contributed by atoms with Gasteiger partial charge < -0.3 is 14.5 Å². The van der Waals surface area contributed by atoms with Gasteiger partial charge in [0.05, 0.1) is 23.3 Å². The molecule has 0 radical (unpaired) electrons. The third kappa shape index (κ3) is 11.3. The lowest BCUT2D eigenvalue weighted by atomic mass is 10.1. The number of carboxylic acid groups (broad SMARTS) is 1. The summed E-state index contributed by atoms with van der Waals surface area (Å²) in [6, 6.07) is 8.51. The summed E-state index contributed by atoms with van der Waals surface area (Å²) >= 11 is 11.0. The van der Waals surface area contributed by atoms with Crippen LogP contribution < -0.4 is 37.6 Å². The highest BCUT2D eigenvalue weighted by molar-refractivity contribution is 7.85. The number of nitrogens with two attached hydrogens (primary N) is 4. The number of carbonyl (C=O) groups excluding carboxylic acids is 1. The number of rotatable bonds is 2. The van der Waals surface area contributed by atoms with Crippen molar-refractivity contribution in [2.24, 2.45) is 0 Å². The van der Waals surface area contributed by atoms with Gasteiger partial charge in [-0.2, -0.15) is 0 Å². The molecule has 4 rings (SSSR count). The van der Waals surface area contributed by atoms with E-state index in [1.165, 1.54) is 34.1 Å². The van der Waals surface area contributed by atoms with E-state index in [1.807, 2.05) is 26.8 Å². The van der Waals surface area contributed by atoms with Crippen LogP contribution in [0.15, 0.2) is 60.0 Å². The molecule has 0 amide bonds. The molecular formula is C26H32Cl2N8O5S. The van der Waals surface area contributed by atoms with Crippen molar-refractivity contribution in [3.63, 3.8) is 0 Å². The molecule has 0 bridgehead atoms. The number of aromatic carboxylic acids is 1. The minimum Gasteiger partial charge on any atom is -0.744 e. The van der Waals surface area contributed by atoms with E-state index in [4.69, 9.17) is 46.4 Å². The van der Waals surface area contributed by atoms with Gasteiger partial charge in [-0.25, -0.2) is 18.4 Å². The first-order valence-corrected chi connectivity index (χ1v) is 14.0. The van der Waals surface area contributed by atoms with Crippen molar-refractivity contribution in [2.75, 3.05) is 23.2 Å². The smallest absolute Gasteiger partial charge is 0.333 e. The zero-order valence-electron chi connectivity index (χ0n) is 23.5. The third-order valence-corrected chi connectivity index (χ3v) is 6.85. The second-order valence-electron chi connectivity index (χ2n) is 8.87. The topological polar surface area (TPSA) is 235 Å². The van der Waals surface area contributed by atoms with Crippen LogP contribution in [-0.2, 0) is 10.1 Å². The molecule has 0 aliphatic carbocycles. The highest BCUT2D eigenvalue weighted by atomic mass is 35.5. The van der Waals surface area contributed by atoms with Gasteiger partial charge in [0.2, 0.25) is 10.3 Å². The van der Waals surface area contributed by atoms with E-state index >= 15 is 0 Å². The zero-order valence-corrected chi connectivity index (χ0v) is 25.8. The molecule has 2 heterocycles. The lowest BCUT2D eigenvalue weighted by molar-refractivity contribution is -0.624. The second kappa shape index (κ2) is 15.7. The minimum atomic E-state index is -4.33. The summed E-state index contributed by atoms with van der Waals surface area (Å²) in [5, 5.41) is 10.8. The zero-order chi connectivity index (χ0) is 32.4. The maximum Gasteiger partial charge on any atom is 0.333 e. The molecule has 2 aromatic carbocycles. The molecule has 13 nitrogen and oxygen atoms in total. The molecule has 226 valence electrons. The van der Waals surface area contributed by atoms with Crippen LogP contribution in [-0.4, -0.2) is 28.9 Å². The number of nitrogens with zero attached hydrogens (tertiary/aromatic N) is 4. The Kier molecular flexibility index (Phi) is 13.4. The van der Waals surface area contributed by atoms with Crippen molar-refractivity contribution in [1.29, 1.82) is 0 Å². The Labute approximate surface area is 254 Å². The summed E-state index contributed by atoms with van der Waals surface area (Å²) in [4.78, 5) is 17.7. The first kappa shape index (κ1) is 35.8. The summed E-state index contributed by atoms with van der Waals surface area (Å²) in [5.41, 5.74) is 14.8. The number of halogens is 2. The number of nitrogen functional groups attached to an aromatic ring is 4. The van der Waals surface area contributed by atoms with E-state index in [9.17, 15) is 22.9 Å². The summed E-state index contributed by atoms with van der Waals surface area (Å²) in [6.45, 7) is 8.84. The van der Waals surface area contributed by atoms with Gasteiger partial charge in [-0.15, -0.1) is 9.35 Å². The van der Waals surface area contributed by atoms with Gasteiger partial charge in [-0.3, -0.25) is 23.2 Å². The van der Waals surface area contributed by atoms with E-state index in [0.717, 1.165) is 16.7 Å². The fraction of sp³-hybridized carbons (Fsp3) is 0.192. The van der Waals surface area contributed by atoms with Crippen molar-refractivity contribution >= 4 is 50.9 Å². The molecule has 0 unspecified atom stereocenters. The summed E-state index contributed by atoms with van der Waals surface area (Å²) in [5.74, 6) is 9.99. The summed E-state index contributed by atoms with van der Waals surface area (Å²) in [7, 11) is -4.33. The van der Waals surface area contributed by atoms with Gasteiger partial charge in [0.15, 0.2) is 0 Å². The largest absolute Gasteiger partial charge is 0.744 e. The van der Waals surface area contributed by atoms with Gasteiger partial charge in [-0.05, 0) is 51.3 Å². The highest BCUT2D eigenvalue weighted by Crippen LogP contribution is 2.20. The quantitative estimate of drug-likeness (QED) is 0.136. The van der Waals surface area contributed by atoms with E-state index in [2.05, 4.69) is 9.97 Å². The average Bonchev–Trinajstić information content (AvgIpc) is 2.85. The predicted molar refractivity (Wildman–Crippen MR) is 157 cm³/mol. The fourth-order valence-electron chi connectivity index (χ4n) is 3.50. The van der Waals surface area contributed by atoms with Crippen molar-refractivity contribution < 1.29 is 32.2 Å². The molecule has 4 aromatic rings. The monoisotopic (exact) mass is 638 g/mol. The van der Waals surface area contributed by atoms with E-state index in [1.54, 1.807) is 38.1 Å². The maximum absolute atomic E-state index is 10.8. The molecule has 16 heteroatoms. The molecule has 0 atom stereocenters. The van der Waals surface area contributed by atoms with Crippen molar-refractivity contribution in [2.45, 2.75) is 39.5 Å². The van der Waals surface area contributed by atoms with Gasteiger partial charge in [0.1, 0.15) is 22.5 Å². The van der Waals surface area contributed by atoms with Crippen molar-refractivity contribution in [3.8, 4) is 0 Å². The lowest BCUT2D eigenvalue weighted by Crippen LogP contribution is -2.46. The number of aryl methyl sites for hydroxylation is 5. The van der Waals surface area contributed by atoms with Crippen LogP contribution in [0.3, 0.4) is 0 Å². The number of carboxylic acids is 1. The van der Waals surface area contributed by atoms with Gasteiger partial charge in [0.25, 0.3) is 0 Å². The summed E-state index contributed by atoms with van der Waals surface area (Å²) in [6.07, 6.45) is 5.97. The summed E-state index contributed by atoms with van der Waals surface area (Å²) < 4.78 is 34.9. The minimum absolute atomic E-state index is 0.0851. The second-order valence-corrected chi connectivity index (χ2v) is 10.9. The molecule has 0 aliphatic heterocycles. The van der Waals surface area contributed by atoms with Crippen LogP contribution in [0.25, 0.3) is 0 Å². The number of carbonyl (C=O) groups is 1. The van der Waals surface area contributed by atoms with Gasteiger partial charge >= 0.3 is 11.6 Å². The molecule has 0 saturated carbocycles. The Balaban J connectivity index is 0.000000283. The molecule has 0 fully saturated rings. The molecular weight excluding hydrogens is 607 g/mol. The average molecular weight is 640 g/mol. The van der Waals surface area contributed by atoms with Crippen LogP contribution in [0, 0.1) is 34.6 Å². The molecule has 42 heavy (non-hydrogen) atoms. The standard InChI is InChI=1S/C9H12O3S.C9H10O2.2C4H5ClN4/c1-6-4-7(2)9(8(3)5-6)13(10,11)12;1-6-3-7(2)5-8(4-6)9(10)11;2*5-3-4(6)9(7)2-1-8-3/h4-5H,1-3H3,(H,10,11,12);3-5H,1-2H3,(H,10,11);2*1-2,6H,7H2. The number of hydrogen-bond donors (Lipinski definition) is 4. The predicted octanol–water partition coefficient (Wildman–Crippen LogP) is 0.820. The van der Waals surface area contributed by atoms with Gasteiger partial charge in [-0.1, -0.05) is 70.2 Å². The molecule has 8 N–H and O–H groups in total. The Morgan fingerprint density at radius 1 is 0.762 bits per heavy atom. The fourth-order valence-corrected chi connectivity index (χ4v) is 4.72. The number of benzene rings is 2. The first-order chi connectivity index (χ1) is 19.3. The number of anilines is 2. The Morgan fingerprint density at radius 2 is 1.12 bits per heavy atom. The number of aromatic nitrogens is 4. The molecule has 0 aliphatic rings. The van der Waals surface area contributed by atoms with Crippen LogP contribution in [0.5, 0.6) is 0 Å². The maximum atomic E-state index is 10.8. The Morgan fingerprint density at radius 3 is 1.40 bits per heavy atom. The van der Waals surface area contributed by atoms with Crippen LogP contribution >= 0.6 is 23.2 Å². The Hall–Kier alpha value is -4.24. The molecule has 2 aromatic heterocycles. The van der Waals surface area contributed by atoms with E-state index < -0.39 is 16.1 Å². The highest BCUT2D eigenvalue weighted by Gasteiger charge is 2.09. The van der Waals surface area contributed by atoms with Crippen molar-refractivity contribution in [1.82, 2.24) is 9.97 Å². The lowest BCUT2D eigenvalue weighted by Gasteiger charge is -2.14. The normalized spacial score (nSPS) is 10.2. The van der Waals surface area contributed by atoms with Crippen molar-refractivity contribution in [3.05, 3.63) is 98.8 Å².